The molecule has 2 aliphatic carbocycles. The van der Waals surface area contributed by atoms with E-state index in [-0.39, 0.29) is 12.2 Å². The number of esters is 3. The van der Waals surface area contributed by atoms with Gasteiger partial charge < -0.3 is 39.4 Å². The van der Waals surface area contributed by atoms with Crippen LogP contribution in [0.1, 0.15) is 18.4 Å². The first kappa shape index (κ1) is 31.7. The second kappa shape index (κ2) is 13.4. The summed E-state index contributed by atoms with van der Waals surface area (Å²) in [4.78, 5) is 60.5. The number of rotatable bonds is 10. The van der Waals surface area contributed by atoms with Crippen LogP contribution in [-0.2, 0) is 49.3 Å². The number of ketones is 2. The monoisotopic (exact) mass is 598 g/mol. The Hall–Kier alpha value is -4.27. The third-order valence-corrected chi connectivity index (χ3v) is 6.76. The Bertz CT molecular complexity index is 1330. The lowest BCUT2D eigenvalue weighted by atomic mass is 9.94. The maximum atomic E-state index is 12.8. The molecule has 13 nitrogen and oxygen atoms in total. The normalized spacial score (nSPS) is 27.0. The van der Waals surface area contributed by atoms with Crippen LogP contribution in [-0.4, -0.2) is 98.4 Å². The average Bonchev–Trinajstić information content (AvgIpc) is 2.96. The topological polar surface area (TPSA) is 203 Å². The smallest absolute Gasteiger partial charge is 0.311 e. The highest BCUT2D eigenvalue weighted by atomic mass is 16.7. The highest BCUT2D eigenvalue weighted by Crippen LogP contribution is 2.28. The zero-order chi connectivity index (χ0) is 31.2. The summed E-state index contributed by atoms with van der Waals surface area (Å²) < 4.78 is 21.4. The van der Waals surface area contributed by atoms with Gasteiger partial charge in [-0.1, -0.05) is 30.3 Å². The largest absolute Gasteiger partial charge is 0.463 e. The quantitative estimate of drug-likeness (QED) is 0.195. The van der Waals surface area contributed by atoms with Crippen molar-refractivity contribution in [3.8, 4) is 0 Å². The van der Waals surface area contributed by atoms with E-state index in [2.05, 4.69) is 0 Å². The summed E-state index contributed by atoms with van der Waals surface area (Å²) >= 11 is 0. The van der Waals surface area contributed by atoms with Gasteiger partial charge in [0.1, 0.15) is 36.1 Å². The van der Waals surface area contributed by atoms with Gasteiger partial charge in [0.05, 0.1) is 19.3 Å². The van der Waals surface area contributed by atoms with Crippen LogP contribution in [0.3, 0.4) is 0 Å². The summed E-state index contributed by atoms with van der Waals surface area (Å²) in [6.07, 6.45) is -1.41. The number of carbonyl (C=O) groups is 5. The van der Waals surface area contributed by atoms with E-state index in [4.69, 9.17) is 18.9 Å². The molecule has 0 spiro atoms. The van der Waals surface area contributed by atoms with Gasteiger partial charge in [-0.2, -0.15) is 0 Å². The molecule has 43 heavy (non-hydrogen) atoms. The van der Waals surface area contributed by atoms with Crippen molar-refractivity contribution < 1.29 is 63.3 Å². The average molecular weight is 599 g/mol. The fraction of sp³-hybridized carbons (Fsp3) is 0.367. The van der Waals surface area contributed by atoms with Gasteiger partial charge in [-0.25, -0.2) is 0 Å². The van der Waals surface area contributed by atoms with Gasteiger partial charge in [0.15, 0.2) is 17.7 Å². The Morgan fingerprint density at radius 2 is 1.28 bits per heavy atom. The van der Waals surface area contributed by atoms with Crippen molar-refractivity contribution in [2.75, 3.05) is 6.61 Å². The van der Waals surface area contributed by atoms with Crippen LogP contribution < -0.4 is 0 Å². The van der Waals surface area contributed by atoms with Crippen molar-refractivity contribution in [1.29, 1.82) is 0 Å². The Labute approximate surface area is 245 Å². The van der Waals surface area contributed by atoms with E-state index in [0.29, 0.717) is 5.56 Å². The van der Waals surface area contributed by atoms with Crippen molar-refractivity contribution in [2.45, 2.75) is 61.2 Å². The summed E-state index contributed by atoms with van der Waals surface area (Å²) in [5, 5.41) is 42.6. The molecule has 0 aromatic heterocycles. The summed E-state index contributed by atoms with van der Waals surface area (Å²) in [6, 6.07) is 8.47. The molecule has 5 unspecified atom stereocenters. The highest BCUT2D eigenvalue weighted by Gasteiger charge is 2.49. The van der Waals surface area contributed by atoms with Crippen LogP contribution in [0.5, 0.6) is 0 Å². The van der Waals surface area contributed by atoms with Crippen molar-refractivity contribution in [2.24, 2.45) is 0 Å². The molecule has 1 saturated heterocycles. The third-order valence-electron chi connectivity index (χ3n) is 6.76. The molecule has 0 saturated carbocycles. The molecule has 1 heterocycles. The number of aliphatic hydroxyl groups is 4. The lowest BCUT2D eigenvalue weighted by molar-refractivity contribution is -0.297. The Morgan fingerprint density at radius 3 is 1.84 bits per heavy atom. The third kappa shape index (κ3) is 8.63. The minimum Gasteiger partial charge on any atom is -0.463 e. The van der Waals surface area contributed by atoms with E-state index in [1.54, 1.807) is 30.3 Å². The van der Waals surface area contributed by atoms with Crippen LogP contribution in [0.15, 0.2) is 78.9 Å². The van der Waals surface area contributed by atoms with E-state index in [9.17, 15) is 44.4 Å². The number of hydrogen-bond donors (Lipinski definition) is 4. The number of carbonyl (C=O) groups excluding carboxylic acids is 5. The van der Waals surface area contributed by atoms with Gasteiger partial charge in [0.25, 0.3) is 0 Å². The molecule has 3 aliphatic rings. The Balaban J connectivity index is 1.44. The second-order valence-electron chi connectivity index (χ2n) is 10.3. The predicted molar refractivity (Wildman–Crippen MR) is 143 cm³/mol. The molecule has 1 aromatic carbocycles. The lowest BCUT2D eigenvalue weighted by Gasteiger charge is -2.41. The minimum atomic E-state index is -1.87. The highest BCUT2D eigenvalue weighted by molar-refractivity contribution is 6.01. The molecule has 228 valence electrons. The van der Waals surface area contributed by atoms with E-state index < -0.39 is 85.0 Å². The van der Waals surface area contributed by atoms with Crippen LogP contribution in [0.2, 0.25) is 0 Å². The van der Waals surface area contributed by atoms with E-state index in [0.717, 1.165) is 48.6 Å². The zero-order valence-corrected chi connectivity index (χ0v) is 22.7. The van der Waals surface area contributed by atoms with Crippen LogP contribution in [0, 0.1) is 0 Å². The Morgan fingerprint density at radius 1 is 0.744 bits per heavy atom. The number of benzene rings is 1. The lowest BCUT2D eigenvalue weighted by Crippen LogP contribution is -2.61. The first-order chi connectivity index (χ1) is 20.3. The molecule has 1 aliphatic heterocycles. The molecule has 5 atom stereocenters. The van der Waals surface area contributed by atoms with Crippen molar-refractivity contribution in [3.05, 3.63) is 84.5 Å². The molecule has 1 aromatic rings. The molecule has 0 radical (unpaired) electrons. The van der Waals surface area contributed by atoms with Gasteiger partial charge in [-0.15, -0.1) is 0 Å². The van der Waals surface area contributed by atoms with Crippen molar-refractivity contribution in [3.63, 3.8) is 0 Å². The van der Waals surface area contributed by atoms with E-state index in [1.807, 2.05) is 0 Å². The van der Waals surface area contributed by atoms with Gasteiger partial charge >= 0.3 is 17.9 Å². The van der Waals surface area contributed by atoms with Crippen molar-refractivity contribution in [1.82, 2.24) is 0 Å². The second-order valence-corrected chi connectivity index (χ2v) is 10.3. The predicted octanol–water partition coefficient (Wildman–Crippen LogP) is -0.693. The van der Waals surface area contributed by atoms with Gasteiger partial charge in [0, 0.05) is 0 Å². The maximum Gasteiger partial charge on any atom is 0.311 e. The van der Waals surface area contributed by atoms with E-state index >= 15 is 0 Å². The van der Waals surface area contributed by atoms with Crippen molar-refractivity contribution >= 4 is 29.5 Å². The zero-order valence-electron chi connectivity index (χ0n) is 22.7. The molecular weight excluding hydrogens is 568 g/mol. The molecule has 13 heteroatoms. The molecule has 4 rings (SSSR count). The number of hydrogen-bond acceptors (Lipinski definition) is 13. The first-order valence-electron chi connectivity index (χ1n) is 13.2. The molecular formula is C30H30O13. The van der Waals surface area contributed by atoms with Crippen LogP contribution in [0.4, 0.5) is 0 Å². The standard InChI is InChI=1S/C30H30O13/c31-19-6-10-29(38,11-7-19)15-23(34)40-17-21-25(36)26(37)27(42-22(33)14-18-4-2-1-3-5-18)28(41-21)43-24(35)16-30(39)12-8-20(32)9-13-30/h1-13,21,25-28,36-39H,14-17H2. The maximum absolute atomic E-state index is 12.8. The molecule has 0 bridgehead atoms. The van der Waals surface area contributed by atoms with Crippen LogP contribution >= 0.6 is 0 Å². The number of allylic oxidation sites excluding steroid dienone is 4. The Kier molecular flexibility index (Phi) is 9.84. The fourth-order valence-electron chi connectivity index (χ4n) is 4.44. The summed E-state index contributed by atoms with van der Waals surface area (Å²) in [5.41, 5.74) is -3.06. The SMILES string of the molecule is O=C1C=CC(O)(CC(=O)OCC2OC(OC(=O)CC3(O)C=CC(=O)C=C3)C(OC(=O)Cc3ccccc3)C(O)C2O)C=C1. The molecule has 4 N–H and O–H groups in total. The van der Waals surface area contributed by atoms with Gasteiger partial charge in [-0.05, 0) is 54.2 Å². The van der Waals surface area contributed by atoms with E-state index in [1.165, 1.54) is 0 Å². The molecule has 1 fully saturated rings. The number of ether oxygens (including phenoxy) is 4. The molecule has 0 amide bonds. The summed E-state index contributed by atoms with van der Waals surface area (Å²) in [6.45, 7) is -0.671. The number of aliphatic hydroxyl groups excluding tert-OH is 2. The minimum absolute atomic E-state index is 0.220. The summed E-state index contributed by atoms with van der Waals surface area (Å²) in [5.74, 6) is -3.64. The van der Waals surface area contributed by atoms with Crippen LogP contribution in [0.25, 0.3) is 0 Å². The van der Waals surface area contributed by atoms with Gasteiger partial charge in [0.2, 0.25) is 6.29 Å². The fourth-order valence-corrected chi connectivity index (χ4v) is 4.44. The first-order valence-corrected chi connectivity index (χ1v) is 13.2. The summed E-state index contributed by atoms with van der Waals surface area (Å²) in [7, 11) is 0. The van der Waals surface area contributed by atoms with Gasteiger partial charge in [-0.3, -0.25) is 24.0 Å².